The molecular weight excluding hydrogens is 321 g/mol. The molecule has 0 heterocycles. The zero-order valence-electron chi connectivity index (χ0n) is 9.08. The first-order valence-corrected chi connectivity index (χ1v) is 6.26. The molecule has 0 bridgehead atoms. The molecule has 2 aromatic carbocycles. The van der Waals surface area contributed by atoms with Gasteiger partial charge in [-0.3, -0.25) is 4.79 Å². The molecule has 18 heavy (non-hydrogen) atoms. The number of hydrogen-bond acceptors (Lipinski definition) is 1. The van der Waals surface area contributed by atoms with Crippen LogP contribution in [0.3, 0.4) is 0 Å². The molecule has 0 saturated carbocycles. The maximum Gasteiger partial charge on any atom is 0.255 e. The van der Waals surface area contributed by atoms with Crippen molar-refractivity contribution in [1.82, 2.24) is 0 Å². The molecule has 0 aliphatic heterocycles. The van der Waals surface area contributed by atoms with Crippen LogP contribution in [0.25, 0.3) is 0 Å². The van der Waals surface area contributed by atoms with Gasteiger partial charge in [-0.2, -0.15) is 0 Å². The highest BCUT2D eigenvalue weighted by Crippen LogP contribution is 2.30. The molecule has 0 atom stereocenters. The highest BCUT2D eigenvalue weighted by molar-refractivity contribution is 9.10. The van der Waals surface area contributed by atoms with Gasteiger partial charge in [-0.05, 0) is 46.3 Å². The van der Waals surface area contributed by atoms with E-state index in [9.17, 15) is 9.18 Å². The van der Waals surface area contributed by atoms with Crippen molar-refractivity contribution in [3.8, 4) is 0 Å². The lowest BCUT2D eigenvalue weighted by Gasteiger charge is -2.08. The van der Waals surface area contributed by atoms with E-state index >= 15 is 0 Å². The van der Waals surface area contributed by atoms with Crippen molar-refractivity contribution in [1.29, 1.82) is 0 Å². The predicted octanol–water partition coefficient (Wildman–Crippen LogP) is 4.49. The molecule has 0 aliphatic rings. The largest absolute Gasteiger partial charge is 0.321 e. The molecule has 2 nitrogen and oxygen atoms in total. The molecule has 2 aromatic rings. The van der Waals surface area contributed by atoms with Gasteiger partial charge in [-0.25, -0.2) is 4.39 Å². The summed E-state index contributed by atoms with van der Waals surface area (Å²) < 4.78 is 13.6. The minimum absolute atomic E-state index is 0.252. The number of carbonyl (C=O) groups excluding carboxylic acids is 1. The fourth-order valence-corrected chi connectivity index (χ4v) is 1.96. The van der Waals surface area contributed by atoms with Gasteiger partial charge in [0.2, 0.25) is 0 Å². The van der Waals surface area contributed by atoms with Crippen LogP contribution in [-0.4, -0.2) is 5.91 Å². The molecule has 0 fully saturated rings. The summed E-state index contributed by atoms with van der Waals surface area (Å²) in [6.45, 7) is 0. The summed E-state index contributed by atoms with van der Waals surface area (Å²) in [6.07, 6.45) is 0. The van der Waals surface area contributed by atoms with Crippen molar-refractivity contribution in [2.24, 2.45) is 0 Å². The first kappa shape index (κ1) is 13.1. The highest BCUT2D eigenvalue weighted by atomic mass is 79.9. The zero-order valence-corrected chi connectivity index (χ0v) is 11.4. The number of carbonyl (C=O) groups is 1. The topological polar surface area (TPSA) is 29.1 Å². The van der Waals surface area contributed by atoms with E-state index in [1.54, 1.807) is 18.2 Å². The molecule has 0 aromatic heterocycles. The Bertz CT molecular complexity index is 603. The van der Waals surface area contributed by atoms with Crippen LogP contribution in [0.1, 0.15) is 10.4 Å². The number of anilines is 1. The number of rotatable bonds is 2. The van der Waals surface area contributed by atoms with Crippen molar-refractivity contribution in [2.45, 2.75) is 0 Å². The van der Waals surface area contributed by atoms with Crippen LogP contribution in [0, 0.1) is 5.82 Å². The second-order valence-corrected chi connectivity index (χ2v) is 4.77. The maximum atomic E-state index is 13.0. The lowest BCUT2D eigenvalue weighted by atomic mass is 10.2. The Balaban J connectivity index is 2.24. The van der Waals surface area contributed by atoms with Gasteiger partial charge in [0.15, 0.2) is 0 Å². The highest BCUT2D eigenvalue weighted by Gasteiger charge is 2.10. The second kappa shape index (κ2) is 5.50. The van der Waals surface area contributed by atoms with Crippen LogP contribution in [-0.2, 0) is 0 Å². The van der Waals surface area contributed by atoms with Gasteiger partial charge in [-0.15, -0.1) is 0 Å². The molecule has 1 amide bonds. The number of halogens is 3. The third kappa shape index (κ3) is 2.89. The Morgan fingerprint density at radius 1 is 1.22 bits per heavy atom. The molecule has 0 unspecified atom stereocenters. The van der Waals surface area contributed by atoms with Gasteiger partial charge < -0.3 is 5.32 Å². The lowest BCUT2D eigenvalue weighted by molar-refractivity contribution is 0.102. The second-order valence-electron chi connectivity index (χ2n) is 3.57. The van der Waals surface area contributed by atoms with Crippen LogP contribution < -0.4 is 5.32 Å². The SMILES string of the molecule is O=C(Nc1cccc(Cl)c1Br)c1cccc(F)c1. The normalized spacial score (nSPS) is 10.2. The van der Waals surface area contributed by atoms with E-state index in [4.69, 9.17) is 11.6 Å². The van der Waals surface area contributed by atoms with E-state index in [1.807, 2.05) is 0 Å². The third-order valence-electron chi connectivity index (χ3n) is 2.29. The summed E-state index contributed by atoms with van der Waals surface area (Å²) in [4.78, 5) is 11.9. The fraction of sp³-hybridized carbons (Fsp3) is 0. The van der Waals surface area contributed by atoms with Crippen molar-refractivity contribution in [2.75, 3.05) is 5.32 Å². The summed E-state index contributed by atoms with van der Waals surface area (Å²) >= 11 is 9.19. The van der Waals surface area contributed by atoms with E-state index in [-0.39, 0.29) is 5.56 Å². The van der Waals surface area contributed by atoms with E-state index in [0.717, 1.165) is 0 Å². The first-order chi connectivity index (χ1) is 8.58. The van der Waals surface area contributed by atoms with Crippen molar-refractivity contribution in [3.05, 3.63) is 63.3 Å². The van der Waals surface area contributed by atoms with Gasteiger partial charge in [0.1, 0.15) is 5.82 Å². The van der Waals surface area contributed by atoms with E-state index in [2.05, 4.69) is 21.2 Å². The van der Waals surface area contributed by atoms with Crippen LogP contribution in [0.15, 0.2) is 46.9 Å². The zero-order chi connectivity index (χ0) is 13.1. The van der Waals surface area contributed by atoms with Gasteiger partial charge in [0.05, 0.1) is 15.2 Å². The van der Waals surface area contributed by atoms with Crippen molar-refractivity contribution in [3.63, 3.8) is 0 Å². The van der Waals surface area contributed by atoms with Crippen LogP contribution in [0.4, 0.5) is 10.1 Å². The van der Waals surface area contributed by atoms with E-state index < -0.39 is 11.7 Å². The maximum absolute atomic E-state index is 13.0. The first-order valence-electron chi connectivity index (χ1n) is 5.09. The van der Waals surface area contributed by atoms with Crippen LogP contribution >= 0.6 is 27.5 Å². The van der Waals surface area contributed by atoms with Crippen molar-refractivity contribution < 1.29 is 9.18 Å². The Hall–Kier alpha value is -1.39. The average Bonchev–Trinajstić information content (AvgIpc) is 2.35. The number of nitrogens with one attached hydrogen (secondary N) is 1. The molecule has 0 aliphatic carbocycles. The van der Waals surface area contributed by atoms with Crippen LogP contribution in [0.2, 0.25) is 5.02 Å². The van der Waals surface area contributed by atoms with E-state index in [1.165, 1.54) is 24.3 Å². The Labute approximate surface area is 117 Å². The van der Waals surface area contributed by atoms with E-state index in [0.29, 0.717) is 15.2 Å². The molecule has 0 saturated heterocycles. The van der Waals surface area contributed by atoms with Gasteiger partial charge in [-0.1, -0.05) is 23.7 Å². The van der Waals surface area contributed by atoms with Crippen LogP contribution in [0.5, 0.6) is 0 Å². The third-order valence-corrected chi connectivity index (χ3v) is 3.68. The predicted molar refractivity (Wildman–Crippen MR) is 73.5 cm³/mol. The van der Waals surface area contributed by atoms with Gasteiger partial charge in [0, 0.05) is 5.56 Å². The van der Waals surface area contributed by atoms with Crippen molar-refractivity contribution >= 4 is 39.1 Å². The number of amides is 1. The quantitative estimate of drug-likeness (QED) is 0.864. The molecule has 2 rings (SSSR count). The minimum Gasteiger partial charge on any atom is -0.321 e. The Kier molecular flexibility index (Phi) is 3.99. The minimum atomic E-state index is -0.451. The lowest BCUT2D eigenvalue weighted by Crippen LogP contribution is -2.12. The van der Waals surface area contributed by atoms with Gasteiger partial charge >= 0.3 is 0 Å². The number of hydrogen-bond donors (Lipinski definition) is 1. The number of benzene rings is 2. The van der Waals surface area contributed by atoms with Gasteiger partial charge in [0.25, 0.3) is 5.91 Å². The molecule has 0 spiro atoms. The molecule has 0 radical (unpaired) electrons. The summed E-state index contributed by atoms with van der Waals surface area (Å²) in [7, 11) is 0. The summed E-state index contributed by atoms with van der Waals surface area (Å²) in [5.74, 6) is -0.842. The average molecular weight is 329 g/mol. The molecular formula is C13H8BrClFNO. The molecule has 5 heteroatoms. The summed E-state index contributed by atoms with van der Waals surface area (Å²) in [6, 6.07) is 10.6. The monoisotopic (exact) mass is 327 g/mol. The molecule has 92 valence electrons. The Morgan fingerprint density at radius 2 is 1.94 bits per heavy atom. The standard InChI is InChI=1S/C13H8BrClFNO/c14-12-10(15)5-2-6-11(12)17-13(18)8-3-1-4-9(16)7-8/h1-7H,(H,17,18). The Morgan fingerprint density at radius 3 is 2.67 bits per heavy atom. The smallest absolute Gasteiger partial charge is 0.255 e. The summed E-state index contributed by atoms with van der Waals surface area (Å²) in [5.41, 5.74) is 0.790. The summed E-state index contributed by atoms with van der Waals surface area (Å²) in [5, 5.41) is 3.15. The molecule has 1 N–H and O–H groups in total. The fourth-order valence-electron chi connectivity index (χ4n) is 1.42.